The maximum atomic E-state index is 12.9. The van der Waals surface area contributed by atoms with Gasteiger partial charge in [0.1, 0.15) is 0 Å². The smallest absolute Gasteiger partial charge is 0.310 e. The van der Waals surface area contributed by atoms with E-state index in [9.17, 15) is 13.2 Å². The van der Waals surface area contributed by atoms with Crippen molar-refractivity contribution in [1.29, 1.82) is 0 Å². The Morgan fingerprint density at radius 2 is 1.90 bits per heavy atom. The van der Waals surface area contributed by atoms with E-state index in [4.69, 9.17) is 11.6 Å². The first kappa shape index (κ1) is 15.9. The van der Waals surface area contributed by atoms with Gasteiger partial charge in [0.25, 0.3) is 0 Å². The molecule has 1 aromatic carbocycles. The lowest BCUT2D eigenvalue weighted by atomic mass is 10.0. The van der Waals surface area contributed by atoms with Crippen LogP contribution in [0.5, 0.6) is 0 Å². The number of hydrogen-bond donors (Lipinski definition) is 1. The summed E-state index contributed by atoms with van der Waals surface area (Å²) in [5.41, 5.74) is -0.244. The molecule has 2 aromatic rings. The minimum atomic E-state index is -4.42. The highest BCUT2D eigenvalue weighted by Gasteiger charge is 2.32. The second-order valence-corrected chi connectivity index (χ2v) is 5.60. The van der Waals surface area contributed by atoms with Gasteiger partial charge in [0.2, 0.25) is 0 Å². The molecule has 0 aliphatic heterocycles. The third kappa shape index (κ3) is 3.06. The molecule has 0 bridgehead atoms. The summed E-state index contributed by atoms with van der Waals surface area (Å²) in [6.07, 6.45) is -1.36. The summed E-state index contributed by atoms with van der Waals surface area (Å²) in [5.74, 6) is 0. The Labute approximate surface area is 125 Å². The molecule has 2 rings (SSSR count). The van der Waals surface area contributed by atoms with E-state index in [1.807, 2.05) is 13.8 Å². The highest BCUT2D eigenvalue weighted by molar-refractivity contribution is 6.32. The summed E-state index contributed by atoms with van der Waals surface area (Å²) in [5, 5.41) is 3.32. The van der Waals surface area contributed by atoms with Crippen molar-refractivity contribution >= 4 is 11.6 Å². The summed E-state index contributed by atoms with van der Waals surface area (Å²) < 4.78 is 40.1. The first-order valence-corrected chi connectivity index (χ1v) is 6.63. The average molecular weight is 318 g/mol. The van der Waals surface area contributed by atoms with E-state index in [2.05, 4.69) is 10.3 Å². The van der Waals surface area contributed by atoms with Crippen molar-refractivity contribution in [3.05, 3.63) is 47.0 Å². The minimum absolute atomic E-state index is 0.231. The number of nitrogens with one attached hydrogen (secondary N) is 1. The predicted molar refractivity (Wildman–Crippen MR) is 75.7 cm³/mol. The number of rotatable bonds is 3. The van der Waals surface area contributed by atoms with E-state index in [1.165, 1.54) is 12.4 Å². The van der Waals surface area contributed by atoms with Crippen LogP contribution in [0.25, 0.3) is 5.69 Å². The van der Waals surface area contributed by atoms with E-state index in [0.717, 1.165) is 12.1 Å². The van der Waals surface area contributed by atoms with Gasteiger partial charge in [-0.3, -0.25) is 4.57 Å². The standard InChI is InChI=1S/C14H15ClF3N3/c1-13(2,19-3)12-7-20-8-21(12)11-6-9(14(16,17)18)4-5-10(11)15/h4-8,19H,1-3H3. The second-order valence-electron chi connectivity index (χ2n) is 5.19. The van der Waals surface area contributed by atoms with E-state index in [1.54, 1.807) is 17.8 Å². The lowest BCUT2D eigenvalue weighted by molar-refractivity contribution is -0.137. The Hall–Kier alpha value is -1.53. The average Bonchev–Trinajstić information content (AvgIpc) is 2.87. The molecule has 0 saturated heterocycles. The molecule has 1 heterocycles. The molecule has 0 amide bonds. The molecule has 7 heteroatoms. The largest absolute Gasteiger partial charge is 0.416 e. The fraction of sp³-hybridized carbons (Fsp3) is 0.357. The highest BCUT2D eigenvalue weighted by Crippen LogP contribution is 2.34. The Morgan fingerprint density at radius 1 is 1.24 bits per heavy atom. The van der Waals surface area contributed by atoms with Crippen LogP contribution in [0.1, 0.15) is 25.1 Å². The van der Waals surface area contributed by atoms with E-state index < -0.39 is 17.3 Å². The molecule has 0 aliphatic rings. The molecule has 114 valence electrons. The first-order chi connectivity index (χ1) is 9.66. The molecule has 0 aliphatic carbocycles. The number of aromatic nitrogens is 2. The summed E-state index contributed by atoms with van der Waals surface area (Å²) in [6, 6.07) is 3.24. The fourth-order valence-electron chi connectivity index (χ4n) is 1.95. The Bertz CT molecular complexity index is 647. The number of halogens is 4. The van der Waals surface area contributed by atoms with Crippen LogP contribution in [-0.4, -0.2) is 16.6 Å². The van der Waals surface area contributed by atoms with E-state index in [0.29, 0.717) is 5.69 Å². The van der Waals surface area contributed by atoms with Crippen LogP contribution in [-0.2, 0) is 11.7 Å². The van der Waals surface area contributed by atoms with Crippen molar-refractivity contribution in [2.75, 3.05) is 7.05 Å². The number of alkyl halides is 3. The first-order valence-electron chi connectivity index (χ1n) is 6.25. The minimum Gasteiger partial charge on any atom is -0.310 e. The fourth-order valence-corrected chi connectivity index (χ4v) is 2.16. The molecule has 3 nitrogen and oxygen atoms in total. The monoisotopic (exact) mass is 317 g/mol. The van der Waals surface area contributed by atoms with Gasteiger partial charge in [-0.1, -0.05) is 11.6 Å². The molecule has 1 N–H and O–H groups in total. The van der Waals surface area contributed by atoms with Gasteiger partial charge in [0.15, 0.2) is 0 Å². The van der Waals surface area contributed by atoms with Crippen molar-refractivity contribution in [3.8, 4) is 5.69 Å². The zero-order chi connectivity index (χ0) is 15.8. The molecular weight excluding hydrogens is 303 g/mol. The van der Waals surface area contributed by atoms with Crippen LogP contribution < -0.4 is 5.32 Å². The predicted octanol–water partition coefficient (Wildman–Crippen LogP) is 4.00. The Balaban J connectivity index is 2.61. The number of hydrogen-bond acceptors (Lipinski definition) is 2. The van der Waals surface area contributed by atoms with E-state index >= 15 is 0 Å². The molecule has 0 atom stereocenters. The van der Waals surface area contributed by atoms with Gasteiger partial charge in [-0.15, -0.1) is 0 Å². The van der Waals surface area contributed by atoms with Crippen molar-refractivity contribution < 1.29 is 13.2 Å². The van der Waals surface area contributed by atoms with Gasteiger partial charge in [-0.25, -0.2) is 4.98 Å². The van der Waals surface area contributed by atoms with Crippen LogP contribution in [0.2, 0.25) is 5.02 Å². The van der Waals surface area contributed by atoms with Gasteiger partial charge in [0.05, 0.1) is 40.0 Å². The summed E-state index contributed by atoms with van der Waals surface area (Å²) in [6.45, 7) is 3.81. The quantitative estimate of drug-likeness (QED) is 0.927. The van der Waals surface area contributed by atoms with Crippen LogP contribution in [0.15, 0.2) is 30.7 Å². The van der Waals surface area contributed by atoms with Crippen LogP contribution in [0.4, 0.5) is 13.2 Å². The molecule has 1 aromatic heterocycles. The Kier molecular flexibility index (Phi) is 4.04. The lowest BCUT2D eigenvalue weighted by Gasteiger charge is -2.26. The molecule has 0 unspecified atom stereocenters. The Morgan fingerprint density at radius 3 is 2.48 bits per heavy atom. The number of nitrogens with zero attached hydrogens (tertiary/aromatic N) is 2. The third-order valence-corrected chi connectivity index (χ3v) is 3.76. The zero-order valence-electron chi connectivity index (χ0n) is 11.8. The van der Waals surface area contributed by atoms with Gasteiger partial charge in [0, 0.05) is 0 Å². The lowest BCUT2D eigenvalue weighted by Crippen LogP contribution is -2.35. The van der Waals surface area contributed by atoms with Crippen molar-refractivity contribution in [2.45, 2.75) is 25.6 Å². The van der Waals surface area contributed by atoms with Gasteiger partial charge < -0.3 is 5.32 Å². The number of benzene rings is 1. The molecule has 0 saturated carbocycles. The number of imidazole rings is 1. The van der Waals surface area contributed by atoms with Crippen molar-refractivity contribution in [3.63, 3.8) is 0 Å². The molecular formula is C14H15ClF3N3. The molecule has 0 radical (unpaired) electrons. The van der Waals surface area contributed by atoms with Crippen LogP contribution in [0.3, 0.4) is 0 Å². The third-order valence-electron chi connectivity index (χ3n) is 3.44. The maximum Gasteiger partial charge on any atom is 0.416 e. The van der Waals surface area contributed by atoms with Crippen molar-refractivity contribution in [2.24, 2.45) is 0 Å². The maximum absolute atomic E-state index is 12.9. The van der Waals surface area contributed by atoms with Gasteiger partial charge in [-0.05, 0) is 39.1 Å². The van der Waals surface area contributed by atoms with E-state index in [-0.39, 0.29) is 10.7 Å². The van der Waals surface area contributed by atoms with Crippen LogP contribution in [0, 0.1) is 0 Å². The second kappa shape index (κ2) is 5.35. The topological polar surface area (TPSA) is 29.9 Å². The van der Waals surface area contributed by atoms with Crippen molar-refractivity contribution in [1.82, 2.24) is 14.9 Å². The summed E-state index contributed by atoms with van der Waals surface area (Å²) in [7, 11) is 1.77. The molecule has 0 spiro atoms. The highest BCUT2D eigenvalue weighted by atomic mass is 35.5. The summed E-state index contributed by atoms with van der Waals surface area (Å²) in [4.78, 5) is 4.03. The van der Waals surface area contributed by atoms with Gasteiger partial charge >= 0.3 is 6.18 Å². The molecule has 0 fully saturated rings. The van der Waals surface area contributed by atoms with Crippen LogP contribution >= 0.6 is 11.6 Å². The summed E-state index contributed by atoms with van der Waals surface area (Å²) >= 11 is 6.07. The zero-order valence-corrected chi connectivity index (χ0v) is 12.5. The SMILES string of the molecule is CNC(C)(C)c1cncn1-c1cc(C(F)(F)F)ccc1Cl. The molecule has 21 heavy (non-hydrogen) atoms. The normalized spacial score (nSPS) is 12.7. The van der Waals surface area contributed by atoms with Gasteiger partial charge in [-0.2, -0.15) is 13.2 Å².